The number of hydrogen-bond donors (Lipinski definition) is 5. The van der Waals surface area contributed by atoms with E-state index >= 15 is 0 Å². The standard InChI is InChI=1S/C16H19BrN4O2/c1-18-9-7-12(19-2)15(13(8-9)20-3)21-11-6-4-5-10(17)14(11)16(22)23/h4-8,18-21H,1-3H3,(H,22,23). The maximum atomic E-state index is 11.5. The van der Waals surface area contributed by atoms with E-state index in [-0.39, 0.29) is 5.56 Å². The smallest absolute Gasteiger partial charge is 0.338 e. The highest BCUT2D eigenvalue weighted by atomic mass is 79.9. The molecule has 5 N–H and O–H groups in total. The number of anilines is 5. The van der Waals surface area contributed by atoms with E-state index in [1.54, 1.807) is 18.2 Å². The van der Waals surface area contributed by atoms with Crippen molar-refractivity contribution in [1.29, 1.82) is 0 Å². The molecule has 0 unspecified atom stereocenters. The highest BCUT2D eigenvalue weighted by Crippen LogP contribution is 2.38. The van der Waals surface area contributed by atoms with Crippen LogP contribution in [0.25, 0.3) is 0 Å². The predicted molar refractivity (Wildman–Crippen MR) is 99.5 cm³/mol. The first-order valence-electron chi connectivity index (χ1n) is 7.02. The maximum absolute atomic E-state index is 11.5. The first kappa shape index (κ1) is 17.0. The SMILES string of the molecule is CNc1cc(NC)c(Nc2cccc(Br)c2C(=O)O)c(NC)c1. The summed E-state index contributed by atoms with van der Waals surface area (Å²) in [5, 5.41) is 22.0. The van der Waals surface area contributed by atoms with E-state index in [0.717, 1.165) is 22.7 Å². The van der Waals surface area contributed by atoms with Gasteiger partial charge in [-0.05, 0) is 40.2 Å². The van der Waals surface area contributed by atoms with Crippen molar-refractivity contribution in [2.75, 3.05) is 42.4 Å². The lowest BCUT2D eigenvalue weighted by atomic mass is 10.1. The second kappa shape index (κ2) is 7.23. The molecule has 2 rings (SSSR count). The molecule has 0 spiro atoms. The summed E-state index contributed by atoms with van der Waals surface area (Å²) in [6.45, 7) is 0. The molecule has 0 amide bonds. The molecule has 0 radical (unpaired) electrons. The second-order valence-electron chi connectivity index (χ2n) is 4.79. The molecule has 2 aromatic carbocycles. The summed E-state index contributed by atoms with van der Waals surface area (Å²) >= 11 is 3.29. The van der Waals surface area contributed by atoms with Crippen LogP contribution in [-0.2, 0) is 0 Å². The first-order chi connectivity index (χ1) is 11.0. The summed E-state index contributed by atoms with van der Waals surface area (Å²) in [6, 6.07) is 9.12. The van der Waals surface area contributed by atoms with Crippen LogP contribution in [0.3, 0.4) is 0 Å². The Labute approximate surface area is 143 Å². The number of carbonyl (C=O) groups is 1. The number of carboxylic acid groups (broad SMARTS) is 1. The minimum Gasteiger partial charge on any atom is -0.478 e. The molecule has 2 aromatic rings. The van der Waals surface area contributed by atoms with Crippen molar-refractivity contribution >= 4 is 50.3 Å². The number of aromatic carboxylic acids is 1. The number of benzene rings is 2. The Morgan fingerprint density at radius 3 is 2.09 bits per heavy atom. The monoisotopic (exact) mass is 378 g/mol. The van der Waals surface area contributed by atoms with Crippen LogP contribution in [0.2, 0.25) is 0 Å². The number of nitrogens with one attached hydrogen (secondary N) is 4. The molecule has 0 aliphatic carbocycles. The Bertz CT molecular complexity index is 709. The third kappa shape index (κ3) is 3.50. The van der Waals surface area contributed by atoms with Gasteiger partial charge in [0.2, 0.25) is 0 Å². The third-order valence-corrected chi connectivity index (χ3v) is 4.11. The predicted octanol–water partition coefficient (Wildman–Crippen LogP) is 4.02. The van der Waals surface area contributed by atoms with Gasteiger partial charge in [-0.25, -0.2) is 4.79 Å². The molecule has 0 atom stereocenters. The van der Waals surface area contributed by atoms with E-state index in [1.807, 2.05) is 33.3 Å². The molecule has 0 bridgehead atoms. The minimum absolute atomic E-state index is 0.189. The van der Waals surface area contributed by atoms with Crippen molar-refractivity contribution < 1.29 is 9.90 Å². The van der Waals surface area contributed by atoms with Crippen LogP contribution in [0, 0.1) is 0 Å². The lowest BCUT2D eigenvalue weighted by molar-refractivity contribution is 0.0697. The molecule has 122 valence electrons. The molecule has 0 saturated heterocycles. The Kier molecular flexibility index (Phi) is 5.33. The van der Waals surface area contributed by atoms with Crippen molar-refractivity contribution in [1.82, 2.24) is 0 Å². The largest absolute Gasteiger partial charge is 0.478 e. The van der Waals surface area contributed by atoms with Crippen molar-refractivity contribution in [3.8, 4) is 0 Å². The van der Waals surface area contributed by atoms with E-state index in [2.05, 4.69) is 37.2 Å². The van der Waals surface area contributed by atoms with Gasteiger partial charge in [-0.1, -0.05) is 6.07 Å². The third-order valence-electron chi connectivity index (χ3n) is 3.45. The normalized spacial score (nSPS) is 10.1. The van der Waals surface area contributed by atoms with Gasteiger partial charge in [-0.3, -0.25) is 0 Å². The molecular formula is C16H19BrN4O2. The molecule has 6 nitrogen and oxygen atoms in total. The summed E-state index contributed by atoms with van der Waals surface area (Å²) in [5.41, 5.74) is 4.10. The highest BCUT2D eigenvalue weighted by Gasteiger charge is 2.17. The zero-order valence-corrected chi connectivity index (χ0v) is 14.7. The number of carboxylic acids is 1. The van der Waals surface area contributed by atoms with Crippen LogP contribution in [-0.4, -0.2) is 32.2 Å². The van der Waals surface area contributed by atoms with Crippen LogP contribution in [0.1, 0.15) is 10.4 Å². The fourth-order valence-corrected chi connectivity index (χ4v) is 2.83. The summed E-state index contributed by atoms with van der Waals surface area (Å²) in [4.78, 5) is 11.5. The molecule has 0 aliphatic rings. The zero-order chi connectivity index (χ0) is 17.0. The Hall–Kier alpha value is -2.41. The van der Waals surface area contributed by atoms with Crippen LogP contribution in [0.5, 0.6) is 0 Å². The van der Waals surface area contributed by atoms with Crippen molar-refractivity contribution in [2.24, 2.45) is 0 Å². The molecule has 23 heavy (non-hydrogen) atoms. The summed E-state index contributed by atoms with van der Waals surface area (Å²) in [7, 11) is 5.48. The quantitative estimate of drug-likeness (QED) is 0.522. The van der Waals surface area contributed by atoms with Crippen LogP contribution < -0.4 is 21.3 Å². The van der Waals surface area contributed by atoms with Gasteiger partial charge in [0, 0.05) is 31.3 Å². The lowest BCUT2D eigenvalue weighted by Gasteiger charge is -2.19. The summed E-state index contributed by atoms with van der Waals surface area (Å²) < 4.78 is 0.527. The fraction of sp³-hybridized carbons (Fsp3) is 0.188. The molecular weight excluding hydrogens is 360 g/mol. The van der Waals surface area contributed by atoms with E-state index in [1.165, 1.54) is 0 Å². The van der Waals surface area contributed by atoms with Gasteiger partial charge in [-0.2, -0.15) is 0 Å². The van der Waals surface area contributed by atoms with Gasteiger partial charge in [0.05, 0.1) is 28.3 Å². The van der Waals surface area contributed by atoms with Crippen molar-refractivity contribution in [2.45, 2.75) is 0 Å². The van der Waals surface area contributed by atoms with Gasteiger partial charge in [-0.15, -0.1) is 0 Å². The van der Waals surface area contributed by atoms with Crippen LogP contribution in [0.15, 0.2) is 34.8 Å². The molecule has 0 heterocycles. The minimum atomic E-state index is -0.996. The zero-order valence-electron chi connectivity index (χ0n) is 13.1. The first-order valence-corrected chi connectivity index (χ1v) is 7.81. The van der Waals surface area contributed by atoms with Gasteiger partial charge in [0.1, 0.15) is 0 Å². The Balaban J connectivity index is 2.56. The van der Waals surface area contributed by atoms with Crippen molar-refractivity contribution in [3.63, 3.8) is 0 Å². The van der Waals surface area contributed by atoms with E-state index < -0.39 is 5.97 Å². The highest BCUT2D eigenvalue weighted by molar-refractivity contribution is 9.10. The van der Waals surface area contributed by atoms with Gasteiger partial charge in [0.15, 0.2) is 0 Å². The van der Waals surface area contributed by atoms with Crippen LogP contribution >= 0.6 is 15.9 Å². The van der Waals surface area contributed by atoms with Gasteiger partial charge in [0.25, 0.3) is 0 Å². The fourth-order valence-electron chi connectivity index (χ4n) is 2.30. The number of halogens is 1. The molecule has 0 fully saturated rings. The maximum Gasteiger partial charge on any atom is 0.338 e. The average Bonchev–Trinajstić information content (AvgIpc) is 2.54. The number of hydrogen-bond acceptors (Lipinski definition) is 5. The average molecular weight is 379 g/mol. The van der Waals surface area contributed by atoms with Crippen molar-refractivity contribution in [3.05, 3.63) is 40.4 Å². The topological polar surface area (TPSA) is 85.4 Å². The molecule has 0 aromatic heterocycles. The van der Waals surface area contributed by atoms with E-state index in [9.17, 15) is 9.90 Å². The Morgan fingerprint density at radius 1 is 1.00 bits per heavy atom. The van der Waals surface area contributed by atoms with Gasteiger partial charge >= 0.3 is 5.97 Å². The lowest BCUT2D eigenvalue weighted by Crippen LogP contribution is -2.07. The molecule has 0 aliphatic heterocycles. The van der Waals surface area contributed by atoms with Gasteiger partial charge < -0.3 is 26.4 Å². The second-order valence-corrected chi connectivity index (χ2v) is 5.64. The summed E-state index contributed by atoms with van der Waals surface area (Å²) in [5.74, 6) is -0.996. The molecule has 7 heteroatoms. The van der Waals surface area contributed by atoms with E-state index in [4.69, 9.17) is 0 Å². The van der Waals surface area contributed by atoms with E-state index in [0.29, 0.717) is 10.2 Å². The summed E-state index contributed by atoms with van der Waals surface area (Å²) in [6.07, 6.45) is 0. The number of rotatable bonds is 6. The van der Waals surface area contributed by atoms with Crippen LogP contribution in [0.4, 0.5) is 28.4 Å². The Morgan fingerprint density at radius 2 is 1.61 bits per heavy atom. The molecule has 0 saturated carbocycles.